The summed E-state index contributed by atoms with van der Waals surface area (Å²) in [5.41, 5.74) is -0.337. The lowest BCUT2D eigenvalue weighted by Crippen LogP contribution is -2.57. The van der Waals surface area contributed by atoms with Crippen LogP contribution in [0.15, 0.2) is 18.2 Å². The fourth-order valence-corrected chi connectivity index (χ4v) is 3.12. The molecule has 1 unspecified atom stereocenters. The third-order valence-corrected chi connectivity index (χ3v) is 4.32. The van der Waals surface area contributed by atoms with Gasteiger partial charge in [0, 0.05) is 26.3 Å². The number of amides is 2. The van der Waals surface area contributed by atoms with Gasteiger partial charge in [-0.05, 0) is 18.2 Å². The number of morpholine rings is 1. The number of methoxy groups -OCH3 is 1. The van der Waals surface area contributed by atoms with Gasteiger partial charge in [-0.2, -0.15) is 0 Å². The van der Waals surface area contributed by atoms with Crippen LogP contribution in [0.2, 0.25) is 0 Å². The van der Waals surface area contributed by atoms with E-state index in [2.05, 4.69) is 5.32 Å². The lowest BCUT2D eigenvalue weighted by molar-refractivity contribution is -0.150. The van der Waals surface area contributed by atoms with Crippen molar-refractivity contribution in [2.75, 3.05) is 47.3 Å². The highest BCUT2D eigenvalue weighted by atomic mass is 16.7. The first-order chi connectivity index (χ1) is 12.1. The van der Waals surface area contributed by atoms with Crippen LogP contribution in [0.3, 0.4) is 0 Å². The third-order valence-electron chi connectivity index (χ3n) is 4.32. The van der Waals surface area contributed by atoms with Crippen molar-refractivity contribution in [3.63, 3.8) is 0 Å². The van der Waals surface area contributed by atoms with Gasteiger partial charge in [-0.1, -0.05) is 0 Å². The molecule has 2 heterocycles. The maximum absolute atomic E-state index is 12.9. The van der Waals surface area contributed by atoms with Crippen LogP contribution >= 0.6 is 0 Å². The van der Waals surface area contributed by atoms with Gasteiger partial charge in [0.1, 0.15) is 5.60 Å². The van der Waals surface area contributed by atoms with Crippen molar-refractivity contribution in [3.8, 4) is 11.5 Å². The van der Waals surface area contributed by atoms with Crippen molar-refractivity contribution in [1.82, 2.24) is 10.2 Å². The van der Waals surface area contributed by atoms with Gasteiger partial charge < -0.3 is 29.2 Å². The molecule has 3 rings (SSSR count). The average molecular weight is 350 g/mol. The average Bonchev–Trinajstić information content (AvgIpc) is 3.09. The van der Waals surface area contributed by atoms with E-state index >= 15 is 0 Å². The minimum absolute atomic E-state index is 0.127. The molecule has 1 N–H and O–H groups in total. The first kappa shape index (κ1) is 17.5. The molecule has 1 aromatic carbocycles. The smallest absolute Gasteiger partial charge is 0.254 e. The van der Waals surface area contributed by atoms with Crippen LogP contribution in [0.5, 0.6) is 11.5 Å². The topological polar surface area (TPSA) is 86.3 Å². The molecule has 0 aliphatic carbocycles. The van der Waals surface area contributed by atoms with Crippen LogP contribution in [-0.4, -0.2) is 69.6 Å². The van der Waals surface area contributed by atoms with Crippen molar-refractivity contribution in [2.24, 2.45) is 0 Å². The monoisotopic (exact) mass is 350 g/mol. The SMILES string of the molecule is CNC(=O)CC1(COC)CN(C(=O)c2ccc3c(c2)OCO3)CCO1. The first-order valence-electron chi connectivity index (χ1n) is 8.09. The minimum atomic E-state index is -0.848. The van der Waals surface area contributed by atoms with E-state index in [0.717, 1.165) is 0 Å². The summed E-state index contributed by atoms with van der Waals surface area (Å²) in [4.78, 5) is 26.4. The Balaban J connectivity index is 1.77. The predicted molar refractivity (Wildman–Crippen MR) is 87.7 cm³/mol. The van der Waals surface area contributed by atoms with E-state index in [1.807, 2.05) is 0 Å². The number of ether oxygens (including phenoxy) is 4. The van der Waals surface area contributed by atoms with Crippen molar-refractivity contribution in [3.05, 3.63) is 23.8 Å². The zero-order chi connectivity index (χ0) is 17.9. The number of hydrogen-bond donors (Lipinski definition) is 1. The van der Waals surface area contributed by atoms with Gasteiger partial charge in [-0.25, -0.2) is 0 Å². The number of rotatable bonds is 5. The first-order valence-corrected chi connectivity index (χ1v) is 8.09. The molecule has 8 heteroatoms. The number of hydrogen-bond acceptors (Lipinski definition) is 6. The third kappa shape index (κ3) is 3.69. The number of carbonyl (C=O) groups excluding carboxylic acids is 2. The summed E-state index contributed by atoms with van der Waals surface area (Å²) < 4.78 is 21.7. The summed E-state index contributed by atoms with van der Waals surface area (Å²) in [6, 6.07) is 5.11. The lowest BCUT2D eigenvalue weighted by atomic mass is 9.96. The van der Waals surface area contributed by atoms with E-state index in [0.29, 0.717) is 30.2 Å². The molecular formula is C17H22N2O6. The van der Waals surface area contributed by atoms with Gasteiger partial charge in [0.05, 0.1) is 26.2 Å². The molecule has 0 bridgehead atoms. The standard InChI is InChI=1S/C17H22N2O6/c1-18-15(20)8-17(10-22-2)9-19(5-6-25-17)16(21)12-3-4-13-14(7-12)24-11-23-13/h3-4,7H,5-6,8-11H2,1-2H3,(H,18,20). The Bertz CT molecular complexity index is 661. The molecule has 1 fully saturated rings. The summed E-state index contributed by atoms with van der Waals surface area (Å²) >= 11 is 0. The van der Waals surface area contributed by atoms with E-state index in [1.54, 1.807) is 37.3 Å². The molecule has 136 valence electrons. The summed E-state index contributed by atoms with van der Waals surface area (Å²) in [7, 11) is 3.12. The van der Waals surface area contributed by atoms with Gasteiger partial charge in [-0.3, -0.25) is 9.59 Å². The summed E-state index contributed by atoms with van der Waals surface area (Å²) in [6.45, 7) is 1.46. The van der Waals surface area contributed by atoms with Crippen molar-refractivity contribution >= 4 is 11.8 Å². The maximum Gasteiger partial charge on any atom is 0.254 e. The Morgan fingerprint density at radius 1 is 1.32 bits per heavy atom. The quantitative estimate of drug-likeness (QED) is 0.828. The zero-order valence-electron chi connectivity index (χ0n) is 14.4. The molecule has 1 aromatic rings. The highest BCUT2D eigenvalue weighted by molar-refractivity contribution is 5.95. The number of fused-ring (bicyclic) bond motifs is 1. The zero-order valence-corrected chi connectivity index (χ0v) is 14.4. The second-order valence-electron chi connectivity index (χ2n) is 6.11. The molecule has 25 heavy (non-hydrogen) atoms. The highest BCUT2D eigenvalue weighted by Gasteiger charge is 2.40. The molecule has 2 amide bonds. The van der Waals surface area contributed by atoms with Crippen LogP contribution in [-0.2, 0) is 14.3 Å². The van der Waals surface area contributed by atoms with Gasteiger partial charge in [0.15, 0.2) is 11.5 Å². The van der Waals surface area contributed by atoms with Crippen LogP contribution in [0.1, 0.15) is 16.8 Å². The normalized spacial score (nSPS) is 21.9. The second kappa shape index (κ2) is 7.28. The van der Waals surface area contributed by atoms with Crippen molar-refractivity contribution in [2.45, 2.75) is 12.0 Å². The van der Waals surface area contributed by atoms with Crippen molar-refractivity contribution in [1.29, 1.82) is 0 Å². The Hall–Kier alpha value is -2.32. The van der Waals surface area contributed by atoms with Crippen molar-refractivity contribution < 1.29 is 28.5 Å². The van der Waals surface area contributed by atoms with Crippen LogP contribution in [0, 0.1) is 0 Å². The fourth-order valence-electron chi connectivity index (χ4n) is 3.12. The number of nitrogens with zero attached hydrogens (tertiary/aromatic N) is 1. The van der Waals surface area contributed by atoms with Crippen LogP contribution in [0.25, 0.3) is 0 Å². The van der Waals surface area contributed by atoms with Gasteiger partial charge >= 0.3 is 0 Å². The molecule has 0 radical (unpaired) electrons. The largest absolute Gasteiger partial charge is 0.454 e. The number of benzene rings is 1. The van der Waals surface area contributed by atoms with Gasteiger partial charge in [0.2, 0.25) is 12.7 Å². The molecule has 2 aliphatic rings. The predicted octanol–water partition coefficient (Wildman–Crippen LogP) is 0.409. The molecule has 0 spiro atoms. The van der Waals surface area contributed by atoms with E-state index in [9.17, 15) is 9.59 Å². The molecule has 0 aromatic heterocycles. The van der Waals surface area contributed by atoms with E-state index in [4.69, 9.17) is 18.9 Å². The molecule has 1 atom stereocenters. The van der Waals surface area contributed by atoms with E-state index in [-0.39, 0.29) is 38.2 Å². The van der Waals surface area contributed by atoms with E-state index in [1.165, 1.54) is 0 Å². The highest BCUT2D eigenvalue weighted by Crippen LogP contribution is 2.33. The fraction of sp³-hybridized carbons (Fsp3) is 0.529. The molecule has 2 aliphatic heterocycles. The Morgan fingerprint density at radius 3 is 2.88 bits per heavy atom. The number of nitrogens with one attached hydrogen (secondary N) is 1. The van der Waals surface area contributed by atoms with Gasteiger partial charge in [-0.15, -0.1) is 0 Å². The van der Waals surface area contributed by atoms with E-state index < -0.39 is 5.60 Å². The summed E-state index contributed by atoms with van der Waals surface area (Å²) in [5.74, 6) is 0.896. The van der Waals surface area contributed by atoms with Crippen LogP contribution < -0.4 is 14.8 Å². The molecular weight excluding hydrogens is 328 g/mol. The molecule has 0 saturated carbocycles. The van der Waals surface area contributed by atoms with Gasteiger partial charge in [0.25, 0.3) is 5.91 Å². The Morgan fingerprint density at radius 2 is 2.12 bits per heavy atom. The number of carbonyl (C=O) groups is 2. The molecule has 1 saturated heterocycles. The summed E-state index contributed by atoms with van der Waals surface area (Å²) in [6.07, 6.45) is 0.127. The Kier molecular flexibility index (Phi) is 5.10. The van der Waals surface area contributed by atoms with Crippen LogP contribution in [0.4, 0.5) is 0 Å². The second-order valence-corrected chi connectivity index (χ2v) is 6.11. The molecule has 8 nitrogen and oxygen atoms in total. The minimum Gasteiger partial charge on any atom is -0.454 e. The Labute approximate surface area is 146 Å². The lowest BCUT2D eigenvalue weighted by Gasteiger charge is -2.42. The summed E-state index contributed by atoms with van der Waals surface area (Å²) in [5, 5.41) is 2.59. The maximum atomic E-state index is 12.9.